The number of benzene rings is 4. The fraction of sp³-hybridized carbons (Fsp3) is 0.100. The number of rotatable bonds is 6. The van der Waals surface area contributed by atoms with E-state index < -0.39 is 17.9 Å². The van der Waals surface area contributed by atoms with Crippen molar-refractivity contribution in [2.45, 2.75) is 20.8 Å². The van der Waals surface area contributed by atoms with E-state index >= 15 is 0 Å². The summed E-state index contributed by atoms with van der Waals surface area (Å²) in [4.78, 5) is 38.1. The van der Waals surface area contributed by atoms with Crippen LogP contribution in [0.25, 0.3) is 0 Å². The number of hydrogen-bond donors (Lipinski definition) is 0. The fourth-order valence-corrected chi connectivity index (χ4v) is 3.27. The molecule has 0 aliphatic heterocycles. The minimum atomic E-state index is -0.648. The zero-order valence-corrected chi connectivity index (χ0v) is 20.1. The summed E-state index contributed by atoms with van der Waals surface area (Å²) in [5, 5.41) is 0. The number of carbonyl (C=O) groups is 3. The van der Waals surface area contributed by atoms with Crippen molar-refractivity contribution in [3.63, 3.8) is 0 Å². The van der Waals surface area contributed by atoms with Crippen LogP contribution in [0.1, 0.15) is 47.8 Å². The molecule has 36 heavy (non-hydrogen) atoms. The fourth-order valence-electron chi connectivity index (χ4n) is 3.27. The van der Waals surface area contributed by atoms with Crippen molar-refractivity contribution in [2.24, 2.45) is 0 Å². The molecule has 0 fully saturated rings. The molecule has 0 unspecified atom stereocenters. The molecule has 0 radical (unpaired) electrons. The number of ether oxygens (including phenoxy) is 3. The van der Waals surface area contributed by atoms with Crippen molar-refractivity contribution in [2.75, 3.05) is 0 Å². The molecule has 0 aromatic heterocycles. The first kappa shape index (κ1) is 24.4. The van der Waals surface area contributed by atoms with Crippen LogP contribution in [-0.2, 0) is 0 Å². The highest BCUT2D eigenvalue weighted by Crippen LogP contribution is 2.33. The van der Waals surface area contributed by atoms with E-state index in [0.717, 1.165) is 16.7 Å². The van der Waals surface area contributed by atoms with E-state index in [1.807, 2.05) is 20.8 Å². The predicted octanol–water partition coefficient (Wildman–Crippen LogP) is 6.27. The third kappa shape index (κ3) is 6.04. The highest BCUT2D eigenvalue weighted by molar-refractivity contribution is 5.94. The summed E-state index contributed by atoms with van der Waals surface area (Å²) in [5.74, 6) is -1.76. The average molecular weight is 481 g/mol. The van der Waals surface area contributed by atoms with Crippen molar-refractivity contribution >= 4 is 17.9 Å². The van der Waals surface area contributed by atoms with Crippen LogP contribution in [-0.4, -0.2) is 17.9 Å². The molecule has 0 spiro atoms. The van der Waals surface area contributed by atoms with Crippen molar-refractivity contribution in [1.82, 2.24) is 0 Å². The lowest BCUT2D eigenvalue weighted by molar-refractivity contribution is 0.0679. The third-order valence-electron chi connectivity index (χ3n) is 5.39. The van der Waals surface area contributed by atoms with Gasteiger partial charge in [-0.25, -0.2) is 14.4 Å². The first-order valence-corrected chi connectivity index (χ1v) is 11.3. The van der Waals surface area contributed by atoms with Crippen LogP contribution in [0.15, 0.2) is 91.0 Å². The van der Waals surface area contributed by atoms with Crippen molar-refractivity contribution in [3.05, 3.63) is 124 Å². The molecule has 0 aliphatic rings. The minimum Gasteiger partial charge on any atom is -0.423 e. The smallest absolute Gasteiger partial charge is 0.343 e. The minimum absolute atomic E-state index is 0.0103. The molecular weight excluding hydrogens is 456 g/mol. The van der Waals surface area contributed by atoms with Gasteiger partial charge in [-0.3, -0.25) is 0 Å². The Morgan fingerprint density at radius 1 is 0.444 bits per heavy atom. The Kier molecular flexibility index (Phi) is 7.25. The quantitative estimate of drug-likeness (QED) is 0.239. The molecule has 0 saturated heterocycles. The van der Waals surface area contributed by atoms with Crippen LogP contribution >= 0.6 is 0 Å². The van der Waals surface area contributed by atoms with E-state index in [2.05, 4.69) is 0 Å². The highest BCUT2D eigenvalue weighted by atomic mass is 16.6. The van der Waals surface area contributed by atoms with Gasteiger partial charge in [-0.05, 0) is 69.3 Å². The van der Waals surface area contributed by atoms with Crippen molar-refractivity contribution in [3.8, 4) is 17.2 Å². The van der Waals surface area contributed by atoms with E-state index in [4.69, 9.17) is 14.2 Å². The molecule has 4 rings (SSSR count). The second-order valence-corrected chi connectivity index (χ2v) is 8.38. The van der Waals surface area contributed by atoms with Crippen LogP contribution in [0.2, 0.25) is 0 Å². The number of hydrogen-bond acceptors (Lipinski definition) is 6. The van der Waals surface area contributed by atoms with Gasteiger partial charge in [-0.1, -0.05) is 53.1 Å². The van der Waals surface area contributed by atoms with Gasteiger partial charge >= 0.3 is 17.9 Å². The van der Waals surface area contributed by atoms with Crippen molar-refractivity contribution in [1.29, 1.82) is 0 Å². The molecule has 6 heteroatoms. The zero-order valence-electron chi connectivity index (χ0n) is 20.1. The Morgan fingerprint density at radius 2 is 0.806 bits per heavy atom. The summed E-state index contributed by atoms with van der Waals surface area (Å²) >= 11 is 0. The summed E-state index contributed by atoms with van der Waals surface area (Å²) in [6.07, 6.45) is 0. The summed E-state index contributed by atoms with van der Waals surface area (Å²) < 4.78 is 16.6. The van der Waals surface area contributed by atoms with Gasteiger partial charge in [0.25, 0.3) is 0 Å². The van der Waals surface area contributed by atoms with Crippen LogP contribution < -0.4 is 14.2 Å². The Bertz CT molecular complexity index is 1400. The Balaban J connectivity index is 1.61. The van der Waals surface area contributed by atoms with Gasteiger partial charge in [-0.2, -0.15) is 0 Å². The van der Waals surface area contributed by atoms with E-state index in [9.17, 15) is 14.4 Å². The SMILES string of the molecule is Cc1ccc(C(=O)Oc2ccc(OC(=O)c3ccc(C)cc3)c(OC(=O)c3ccc(C)cc3)c2)cc1. The molecule has 0 bridgehead atoms. The lowest BCUT2D eigenvalue weighted by Crippen LogP contribution is -2.13. The van der Waals surface area contributed by atoms with Gasteiger partial charge in [0.05, 0.1) is 16.7 Å². The maximum absolute atomic E-state index is 12.8. The molecule has 4 aromatic carbocycles. The normalized spacial score (nSPS) is 10.4. The molecule has 0 amide bonds. The molecular formula is C30H24O6. The molecule has 0 heterocycles. The lowest BCUT2D eigenvalue weighted by atomic mass is 10.1. The van der Waals surface area contributed by atoms with Crippen LogP contribution in [0.5, 0.6) is 17.2 Å². The second-order valence-electron chi connectivity index (χ2n) is 8.38. The maximum Gasteiger partial charge on any atom is 0.343 e. The first-order chi connectivity index (χ1) is 17.3. The highest BCUT2D eigenvalue weighted by Gasteiger charge is 2.19. The molecule has 0 saturated carbocycles. The number of carbonyl (C=O) groups excluding carboxylic acids is 3. The molecule has 0 atom stereocenters. The Hall–Kier alpha value is -4.71. The average Bonchev–Trinajstić information content (AvgIpc) is 2.86. The second kappa shape index (κ2) is 10.7. The summed E-state index contributed by atoms with van der Waals surface area (Å²) in [6.45, 7) is 5.73. The van der Waals surface area contributed by atoms with Gasteiger partial charge in [0.15, 0.2) is 11.5 Å². The van der Waals surface area contributed by atoms with E-state index in [1.54, 1.807) is 72.8 Å². The van der Waals surface area contributed by atoms with Gasteiger partial charge in [0.1, 0.15) is 5.75 Å². The standard InChI is InChI=1S/C30H24O6/c1-19-4-10-22(11-5-19)28(31)34-25-16-17-26(35-29(32)23-12-6-20(2)7-13-23)27(18-25)36-30(33)24-14-8-21(3)9-15-24/h4-18H,1-3H3. The van der Waals surface area contributed by atoms with E-state index in [0.29, 0.717) is 16.7 Å². The third-order valence-corrected chi connectivity index (χ3v) is 5.39. The van der Waals surface area contributed by atoms with Gasteiger partial charge in [0.2, 0.25) is 0 Å². The van der Waals surface area contributed by atoms with Gasteiger partial charge < -0.3 is 14.2 Å². The van der Waals surface area contributed by atoms with Crippen LogP contribution in [0.4, 0.5) is 0 Å². The topological polar surface area (TPSA) is 78.9 Å². The summed E-state index contributed by atoms with van der Waals surface area (Å²) in [5.41, 5.74) is 4.03. The molecule has 180 valence electrons. The van der Waals surface area contributed by atoms with Gasteiger partial charge in [0, 0.05) is 6.07 Å². The summed E-state index contributed by atoms with van der Waals surface area (Å²) in [7, 11) is 0. The summed E-state index contributed by atoms with van der Waals surface area (Å²) in [6, 6.07) is 24.9. The maximum atomic E-state index is 12.8. The Morgan fingerprint density at radius 3 is 1.22 bits per heavy atom. The number of esters is 3. The molecule has 0 N–H and O–H groups in total. The first-order valence-electron chi connectivity index (χ1n) is 11.3. The molecule has 6 nitrogen and oxygen atoms in total. The van der Waals surface area contributed by atoms with Gasteiger partial charge in [-0.15, -0.1) is 0 Å². The van der Waals surface area contributed by atoms with E-state index in [-0.39, 0.29) is 17.2 Å². The molecule has 4 aromatic rings. The van der Waals surface area contributed by atoms with Crippen molar-refractivity contribution < 1.29 is 28.6 Å². The van der Waals surface area contributed by atoms with E-state index in [1.165, 1.54) is 18.2 Å². The zero-order chi connectivity index (χ0) is 25.7. The molecule has 0 aliphatic carbocycles. The van der Waals surface area contributed by atoms with Crippen LogP contribution in [0, 0.1) is 20.8 Å². The monoisotopic (exact) mass is 480 g/mol. The predicted molar refractivity (Wildman–Crippen MR) is 135 cm³/mol. The number of aryl methyl sites for hydroxylation is 3. The Labute approximate surface area is 209 Å². The largest absolute Gasteiger partial charge is 0.423 e. The lowest BCUT2D eigenvalue weighted by Gasteiger charge is -2.13. The van der Waals surface area contributed by atoms with Crippen LogP contribution in [0.3, 0.4) is 0 Å².